The van der Waals surface area contributed by atoms with Gasteiger partial charge in [0.05, 0.1) is 36.0 Å². The molecule has 2 aliphatic carbocycles. The minimum absolute atomic E-state index is 0.0810. The second kappa shape index (κ2) is 9.79. The number of amides is 4. The van der Waals surface area contributed by atoms with E-state index in [9.17, 15) is 24.7 Å². The van der Waals surface area contributed by atoms with Crippen LogP contribution in [0.5, 0.6) is 11.5 Å². The van der Waals surface area contributed by atoms with Gasteiger partial charge in [-0.3, -0.25) is 24.4 Å². The molecule has 1 saturated carbocycles. The third-order valence-electron chi connectivity index (χ3n) is 9.69. The highest BCUT2D eigenvalue weighted by atomic mass is 35.5. The number of nitrogens with zero attached hydrogens (tertiary/aromatic N) is 2. The van der Waals surface area contributed by atoms with Crippen LogP contribution in [-0.2, 0) is 24.6 Å². The molecule has 2 N–H and O–H groups in total. The number of imide groups is 2. The molecule has 0 spiro atoms. The maximum atomic E-state index is 15.1. The Bertz CT molecular complexity index is 1740. The summed E-state index contributed by atoms with van der Waals surface area (Å²) in [4.78, 5) is 56.9. The van der Waals surface area contributed by atoms with Gasteiger partial charge < -0.3 is 9.84 Å². The summed E-state index contributed by atoms with van der Waals surface area (Å²) >= 11 is 6.30. The summed E-state index contributed by atoms with van der Waals surface area (Å²) in [7, 11) is 1.49. The van der Waals surface area contributed by atoms with E-state index in [2.05, 4.69) is 0 Å². The van der Waals surface area contributed by atoms with Crippen LogP contribution in [0.1, 0.15) is 29.9 Å². The highest BCUT2D eigenvalue weighted by Crippen LogP contribution is 2.65. The average Bonchev–Trinajstić information content (AvgIpc) is 3.38. The van der Waals surface area contributed by atoms with Crippen molar-refractivity contribution in [3.63, 3.8) is 0 Å². The fraction of sp³-hybridized carbons (Fsp3) is 0.273. The smallest absolute Gasteiger partial charge is 0.257 e. The number of ether oxygens (including phenoxy) is 1. The van der Waals surface area contributed by atoms with Crippen LogP contribution in [-0.4, -0.2) is 46.1 Å². The van der Waals surface area contributed by atoms with Crippen molar-refractivity contribution in [2.45, 2.75) is 24.2 Å². The Morgan fingerprint density at radius 1 is 0.907 bits per heavy atom. The molecule has 3 aromatic rings. The lowest BCUT2D eigenvalue weighted by Gasteiger charge is -2.50. The van der Waals surface area contributed by atoms with Crippen LogP contribution in [0, 0.1) is 23.7 Å². The third kappa shape index (κ3) is 3.68. The van der Waals surface area contributed by atoms with Gasteiger partial charge in [0.25, 0.3) is 11.8 Å². The summed E-state index contributed by atoms with van der Waals surface area (Å²) in [5, 5.41) is 22.2. The van der Waals surface area contributed by atoms with Crippen molar-refractivity contribution >= 4 is 40.9 Å². The van der Waals surface area contributed by atoms with Gasteiger partial charge in [-0.25, -0.2) is 4.90 Å². The number of halogens is 1. The maximum absolute atomic E-state index is 15.1. The zero-order chi connectivity index (χ0) is 30.2. The number of anilines is 1. The van der Waals surface area contributed by atoms with Gasteiger partial charge in [0, 0.05) is 16.5 Å². The number of aromatic hydroxyl groups is 1. The number of methoxy groups -OCH3 is 1. The van der Waals surface area contributed by atoms with Crippen molar-refractivity contribution in [2.24, 2.45) is 23.7 Å². The second-order valence-corrected chi connectivity index (χ2v) is 11.9. The van der Waals surface area contributed by atoms with E-state index in [0.29, 0.717) is 33.2 Å². The van der Waals surface area contributed by atoms with Gasteiger partial charge in [0.2, 0.25) is 11.8 Å². The molecule has 3 aromatic carbocycles. The molecule has 0 radical (unpaired) electrons. The topological polar surface area (TPSA) is 124 Å². The Hall–Kier alpha value is -4.47. The largest absolute Gasteiger partial charge is 0.508 e. The van der Waals surface area contributed by atoms with Crippen LogP contribution >= 0.6 is 11.6 Å². The van der Waals surface area contributed by atoms with Gasteiger partial charge in [0.15, 0.2) is 0 Å². The highest BCUT2D eigenvalue weighted by Gasteiger charge is 2.70. The number of hydrogen-bond donors (Lipinski definition) is 2. The SMILES string of the molecule is COc1ccc(O)c([C@H]2C3=CC[C@@H]4C(=O)N(O)C(=O)[C@@H]4[C@@H]3C[C@H]3C(=O)N(c4cccc(Cl)c4)C(=O)[C@@]23c2ccccc2)c1. The van der Waals surface area contributed by atoms with Crippen molar-refractivity contribution in [1.82, 2.24) is 5.06 Å². The molecule has 0 unspecified atom stereocenters. The first-order valence-corrected chi connectivity index (χ1v) is 14.4. The lowest BCUT2D eigenvalue weighted by Crippen LogP contribution is -2.53. The quantitative estimate of drug-likeness (QED) is 0.255. The molecular weight excluding hydrogens is 572 g/mol. The van der Waals surface area contributed by atoms with Crippen molar-refractivity contribution < 1.29 is 34.2 Å². The van der Waals surface area contributed by atoms with E-state index in [4.69, 9.17) is 16.3 Å². The van der Waals surface area contributed by atoms with Crippen LogP contribution < -0.4 is 9.64 Å². The first-order chi connectivity index (χ1) is 20.7. The summed E-state index contributed by atoms with van der Waals surface area (Å²) in [5.41, 5.74) is 0.382. The van der Waals surface area contributed by atoms with Gasteiger partial charge >= 0.3 is 0 Å². The molecule has 0 aromatic heterocycles. The van der Waals surface area contributed by atoms with Crippen LogP contribution in [0.15, 0.2) is 84.4 Å². The molecule has 43 heavy (non-hydrogen) atoms. The van der Waals surface area contributed by atoms with Crippen LogP contribution in [0.3, 0.4) is 0 Å². The molecule has 4 amide bonds. The Kier molecular flexibility index (Phi) is 6.23. The number of phenols is 1. The summed E-state index contributed by atoms with van der Waals surface area (Å²) in [6.45, 7) is 0. The summed E-state index contributed by atoms with van der Waals surface area (Å²) in [6, 6.07) is 20.2. The number of hydrogen-bond acceptors (Lipinski definition) is 7. The summed E-state index contributed by atoms with van der Waals surface area (Å²) in [5.74, 6) is -6.28. The molecule has 10 heteroatoms. The molecule has 2 aliphatic heterocycles. The van der Waals surface area contributed by atoms with E-state index in [1.165, 1.54) is 13.2 Å². The number of carbonyl (C=O) groups is 4. The van der Waals surface area contributed by atoms with Crippen molar-refractivity contribution in [3.8, 4) is 11.5 Å². The van der Waals surface area contributed by atoms with Crippen LogP contribution in [0.4, 0.5) is 5.69 Å². The molecule has 218 valence electrons. The zero-order valence-corrected chi connectivity index (χ0v) is 23.8. The van der Waals surface area contributed by atoms with E-state index in [0.717, 1.165) is 4.90 Å². The van der Waals surface area contributed by atoms with E-state index < -0.39 is 58.6 Å². The lowest BCUT2D eigenvalue weighted by molar-refractivity contribution is -0.173. The number of hydroxylamine groups is 2. The van der Waals surface area contributed by atoms with Crippen molar-refractivity contribution in [3.05, 3.63) is 101 Å². The summed E-state index contributed by atoms with van der Waals surface area (Å²) in [6.07, 6.45) is 2.09. The summed E-state index contributed by atoms with van der Waals surface area (Å²) < 4.78 is 5.51. The number of fused-ring (bicyclic) bond motifs is 4. The van der Waals surface area contributed by atoms with Gasteiger partial charge in [-0.2, -0.15) is 5.06 Å². The highest BCUT2D eigenvalue weighted by molar-refractivity contribution is 6.32. The first kappa shape index (κ1) is 27.4. The van der Waals surface area contributed by atoms with Gasteiger partial charge in [-0.15, -0.1) is 0 Å². The minimum Gasteiger partial charge on any atom is -0.508 e. The third-order valence-corrected chi connectivity index (χ3v) is 9.92. The van der Waals surface area contributed by atoms with Gasteiger partial charge in [-0.05, 0) is 60.7 Å². The molecule has 4 aliphatic rings. The fourth-order valence-corrected chi connectivity index (χ4v) is 8.15. The fourth-order valence-electron chi connectivity index (χ4n) is 7.96. The van der Waals surface area contributed by atoms with Crippen LogP contribution in [0.2, 0.25) is 5.02 Å². The molecule has 2 saturated heterocycles. The lowest BCUT2D eigenvalue weighted by atomic mass is 9.49. The van der Waals surface area contributed by atoms with Gasteiger partial charge in [-0.1, -0.05) is 59.6 Å². The molecule has 7 rings (SSSR count). The Morgan fingerprint density at radius 2 is 1.67 bits per heavy atom. The van der Waals surface area contributed by atoms with Crippen molar-refractivity contribution in [1.29, 1.82) is 0 Å². The first-order valence-electron chi connectivity index (χ1n) is 14.0. The Balaban J connectivity index is 1.54. The average molecular weight is 599 g/mol. The minimum atomic E-state index is -1.52. The number of allylic oxidation sites excluding steroid dienone is 2. The maximum Gasteiger partial charge on any atom is 0.257 e. The molecule has 3 fully saturated rings. The normalized spacial score (nSPS) is 29.7. The number of carbonyl (C=O) groups excluding carboxylic acids is 4. The Morgan fingerprint density at radius 3 is 2.40 bits per heavy atom. The molecule has 0 bridgehead atoms. The predicted octanol–water partition coefficient (Wildman–Crippen LogP) is 4.61. The second-order valence-electron chi connectivity index (χ2n) is 11.5. The van der Waals surface area contributed by atoms with E-state index in [1.54, 1.807) is 60.7 Å². The van der Waals surface area contributed by atoms with Gasteiger partial charge in [0.1, 0.15) is 11.5 Å². The molecule has 2 heterocycles. The van der Waals surface area contributed by atoms with E-state index in [-0.39, 0.29) is 23.7 Å². The number of rotatable bonds is 4. The van der Waals surface area contributed by atoms with Crippen molar-refractivity contribution in [2.75, 3.05) is 12.0 Å². The Labute approximate surface area is 251 Å². The predicted molar refractivity (Wildman–Crippen MR) is 154 cm³/mol. The number of phenolic OH excluding ortho intramolecular Hbond substituents is 1. The zero-order valence-electron chi connectivity index (χ0n) is 23.0. The monoisotopic (exact) mass is 598 g/mol. The molecule has 6 atom stereocenters. The molecule has 9 nitrogen and oxygen atoms in total. The van der Waals surface area contributed by atoms with E-state index >= 15 is 4.79 Å². The van der Waals surface area contributed by atoms with Crippen LogP contribution in [0.25, 0.3) is 0 Å². The standard InChI is InChI=1S/C33H27ClN2O7/c1-43-20-10-13-26(37)24(15-20)28-21-11-12-22-27(31(40)36(42)29(22)38)23(21)16-25-30(39)35(19-9-5-8-18(34)14-19)32(41)33(25,28)17-6-3-2-4-7-17/h2-11,13-15,22-23,25,27-28,37,42H,12,16H2,1H3/t22-,23+,25-,27-,28+,33+/m0/s1. The number of benzene rings is 3. The van der Waals surface area contributed by atoms with E-state index in [1.807, 2.05) is 12.1 Å². The molecular formula is C33H27ClN2O7.